The molecule has 0 saturated carbocycles. The fourth-order valence-corrected chi connectivity index (χ4v) is 4.68. The molecule has 0 atom stereocenters. The van der Waals surface area contributed by atoms with Crippen LogP contribution in [0.5, 0.6) is 0 Å². The number of anilines is 3. The second-order valence-corrected chi connectivity index (χ2v) is 8.88. The number of rotatable bonds is 6. The minimum atomic E-state index is -3.69. The molecule has 148 valence electrons. The van der Waals surface area contributed by atoms with E-state index in [0.717, 1.165) is 11.4 Å². The first-order valence-electron chi connectivity index (χ1n) is 9.20. The Hall–Kier alpha value is -2.80. The van der Waals surface area contributed by atoms with Gasteiger partial charge in [-0.3, -0.25) is 9.82 Å². The van der Waals surface area contributed by atoms with Gasteiger partial charge in [0.2, 0.25) is 0 Å². The standard InChI is InChI=1S/C21H26N4O2S/c1-13(2)19-8-6-7-14(3)20(19)22-17-9-11-18(12-10-17)25-28(26,27)21-15(4)23-24-16(21)5/h6-13,22,25H,1-5H3,(H,23,24). The molecule has 28 heavy (non-hydrogen) atoms. The molecule has 0 amide bonds. The van der Waals surface area contributed by atoms with Crippen LogP contribution in [0, 0.1) is 20.8 Å². The monoisotopic (exact) mass is 398 g/mol. The van der Waals surface area contributed by atoms with Crippen LogP contribution in [-0.4, -0.2) is 18.6 Å². The molecule has 7 heteroatoms. The number of H-pyrrole nitrogens is 1. The summed E-state index contributed by atoms with van der Waals surface area (Å²) in [6.07, 6.45) is 0. The van der Waals surface area contributed by atoms with Crippen LogP contribution in [0.2, 0.25) is 0 Å². The summed E-state index contributed by atoms with van der Waals surface area (Å²) in [5.41, 5.74) is 5.87. The first kappa shape index (κ1) is 19.9. The van der Waals surface area contributed by atoms with Gasteiger partial charge >= 0.3 is 0 Å². The lowest BCUT2D eigenvalue weighted by molar-refractivity contribution is 0.600. The van der Waals surface area contributed by atoms with Crippen molar-refractivity contribution in [3.05, 3.63) is 65.0 Å². The molecule has 2 aromatic carbocycles. The Morgan fingerprint density at radius 1 is 0.964 bits per heavy atom. The van der Waals surface area contributed by atoms with E-state index in [9.17, 15) is 8.42 Å². The van der Waals surface area contributed by atoms with Gasteiger partial charge in [-0.1, -0.05) is 32.0 Å². The van der Waals surface area contributed by atoms with Crippen LogP contribution < -0.4 is 10.0 Å². The van der Waals surface area contributed by atoms with E-state index in [0.29, 0.717) is 23.0 Å². The number of nitrogens with zero attached hydrogens (tertiary/aromatic N) is 1. The lowest BCUT2D eigenvalue weighted by atomic mass is 9.98. The Morgan fingerprint density at radius 2 is 1.61 bits per heavy atom. The van der Waals surface area contributed by atoms with Gasteiger partial charge < -0.3 is 5.32 Å². The van der Waals surface area contributed by atoms with Gasteiger partial charge in [-0.15, -0.1) is 0 Å². The highest BCUT2D eigenvalue weighted by molar-refractivity contribution is 7.92. The molecule has 0 saturated heterocycles. The number of aryl methyl sites for hydroxylation is 3. The van der Waals surface area contributed by atoms with Crippen LogP contribution in [0.25, 0.3) is 0 Å². The van der Waals surface area contributed by atoms with Crippen molar-refractivity contribution in [2.24, 2.45) is 0 Å². The molecule has 1 aromatic heterocycles. The molecule has 0 unspecified atom stereocenters. The fourth-order valence-electron chi connectivity index (χ4n) is 3.25. The third-order valence-corrected chi connectivity index (χ3v) is 6.31. The van der Waals surface area contributed by atoms with Gasteiger partial charge in [-0.05, 0) is 62.1 Å². The zero-order chi connectivity index (χ0) is 20.5. The summed E-state index contributed by atoms with van der Waals surface area (Å²) in [6, 6.07) is 13.5. The zero-order valence-corrected chi connectivity index (χ0v) is 17.6. The molecule has 0 aliphatic carbocycles. The second kappa shape index (κ2) is 7.67. The Labute approximate surface area is 166 Å². The molecule has 0 radical (unpaired) electrons. The minimum absolute atomic E-state index is 0.191. The van der Waals surface area contributed by atoms with Gasteiger partial charge in [0, 0.05) is 17.1 Å². The number of nitrogens with one attached hydrogen (secondary N) is 3. The van der Waals surface area contributed by atoms with Crippen molar-refractivity contribution in [1.29, 1.82) is 0 Å². The smallest absolute Gasteiger partial charge is 0.265 e. The van der Waals surface area contributed by atoms with Crippen LogP contribution >= 0.6 is 0 Å². The highest BCUT2D eigenvalue weighted by atomic mass is 32.2. The lowest BCUT2D eigenvalue weighted by Crippen LogP contribution is -2.14. The number of benzene rings is 2. The van der Waals surface area contributed by atoms with E-state index in [1.165, 1.54) is 11.1 Å². The number of hydrogen-bond donors (Lipinski definition) is 3. The van der Waals surface area contributed by atoms with Crippen LogP contribution in [0.4, 0.5) is 17.1 Å². The molecule has 1 heterocycles. The van der Waals surface area contributed by atoms with Crippen LogP contribution in [0.15, 0.2) is 47.4 Å². The Morgan fingerprint density at radius 3 is 2.18 bits per heavy atom. The van der Waals surface area contributed by atoms with Crippen LogP contribution in [0.1, 0.15) is 42.3 Å². The summed E-state index contributed by atoms with van der Waals surface area (Å²) < 4.78 is 27.9. The van der Waals surface area contributed by atoms with E-state index in [-0.39, 0.29) is 4.90 Å². The van der Waals surface area contributed by atoms with Gasteiger partial charge in [-0.25, -0.2) is 8.42 Å². The van der Waals surface area contributed by atoms with Gasteiger partial charge in [0.05, 0.1) is 11.4 Å². The van der Waals surface area contributed by atoms with E-state index in [1.807, 2.05) is 12.1 Å². The van der Waals surface area contributed by atoms with E-state index < -0.39 is 10.0 Å². The summed E-state index contributed by atoms with van der Waals surface area (Å²) in [5, 5.41) is 10.1. The van der Waals surface area contributed by atoms with Gasteiger partial charge in [0.25, 0.3) is 10.0 Å². The van der Waals surface area contributed by atoms with Crippen molar-refractivity contribution in [1.82, 2.24) is 10.2 Å². The third kappa shape index (κ3) is 4.04. The molecule has 3 aromatic rings. The summed E-state index contributed by atoms with van der Waals surface area (Å²) in [5.74, 6) is 0.398. The molecule has 0 aliphatic heterocycles. The van der Waals surface area contributed by atoms with Gasteiger partial charge in [-0.2, -0.15) is 5.10 Å². The molecule has 0 fully saturated rings. The van der Waals surface area contributed by atoms with Gasteiger partial charge in [0.1, 0.15) is 4.90 Å². The van der Waals surface area contributed by atoms with Crippen molar-refractivity contribution < 1.29 is 8.42 Å². The SMILES string of the molecule is Cc1cccc(C(C)C)c1Nc1ccc(NS(=O)(=O)c2c(C)n[nH]c2C)cc1. The van der Waals surface area contributed by atoms with E-state index in [1.54, 1.807) is 26.0 Å². The Kier molecular flexibility index (Phi) is 5.47. The van der Waals surface area contributed by atoms with Crippen molar-refractivity contribution >= 4 is 27.1 Å². The van der Waals surface area contributed by atoms with Crippen molar-refractivity contribution in [2.45, 2.75) is 45.4 Å². The zero-order valence-electron chi connectivity index (χ0n) is 16.8. The molecule has 6 nitrogen and oxygen atoms in total. The average molecular weight is 399 g/mol. The summed E-state index contributed by atoms with van der Waals surface area (Å²) in [6.45, 7) is 9.76. The van der Waals surface area contributed by atoms with Crippen molar-refractivity contribution in [3.63, 3.8) is 0 Å². The van der Waals surface area contributed by atoms with E-state index in [4.69, 9.17) is 0 Å². The average Bonchev–Trinajstić information content (AvgIpc) is 2.97. The fraction of sp³-hybridized carbons (Fsp3) is 0.286. The Bertz CT molecular complexity index is 1060. The first-order valence-corrected chi connectivity index (χ1v) is 10.7. The number of sulfonamides is 1. The van der Waals surface area contributed by atoms with Crippen LogP contribution in [0.3, 0.4) is 0 Å². The first-order chi connectivity index (χ1) is 13.2. The predicted molar refractivity (Wildman–Crippen MR) is 114 cm³/mol. The molecule has 0 bridgehead atoms. The topological polar surface area (TPSA) is 86.9 Å². The van der Waals surface area contributed by atoms with Crippen molar-refractivity contribution in [2.75, 3.05) is 10.0 Å². The molecular formula is C21H26N4O2S. The van der Waals surface area contributed by atoms with Crippen molar-refractivity contribution in [3.8, 4) is 0 Å². The molecule has 3 N–H and O–H groups in total. The summed E-state index contributed by atoms with van der Waals surface area (Å²) >= 11 is 0. The van der Waals surface area contributed by atoms with E-state index >= 15 is 0 Å². The molecular weight excluding hydrogens is 372 g/mol. The lowest BCUT2D eigenvalue weighted by Gasteiger charge is -2.17. The maximum Gasteiger partial charge on any atom is 0.265 e. The quantitative estimate of drug-likeness (QED) is 0.545. The maximum atomic E-state index is 12.7. The molecule has 0 spiro atoms. The highest BCUT2D eigenvalue weighted by Gasteiger charge is 2.22. The normalized spacial score (nSPS) is 11.6. The predicted octanol–water partition coefficient (Wildman–Crippen LogP) is 5.00. The number of hydrogen-bond acceptors (Lipinski definition) is 4. The summed E-state index contributed by atoms with van der Waals surface area (Å²) in [7, 11) is -3.69. The number of aromatic nitrogens is 2. The van der Waals surface area contributed by atoms with Crippen LogP contribution in [-0.2, 0) is 10.0 Å². The minimum Gasteiger partial charge on any atom is -0.355 e. The number of aromatic amines is 1. The summed E-state index contributed by atoms with van der Waals surface area (Å²) in [4.78, 5) is 0.191. The third-order valence-electron chi connectivity index (χ3n) is 4.66. The largest absolute Gasteiger partial charge is 0.355 e. The number of para-hydroxylation sites is 1. The second-order valence-electron chi connectivity index (χ2n) is 7.26. The highest BCUT2D eigenvalue weighted by Crippen LogP contribution is 2.31. The van der Waals surface area contributed by atoms with E-state index in [2.05, 4.69) is 59.2 Å². The molecule has 3 rings (SSSR count). The maximum absolute atomic E-state index is 12.7. The Balaban J connectivity index is 1.82. The molecule has 0 aliphatic rings. The van der Waals surface area contributed by atoms with Gasteiger partial charge in [0.15, 0.2) is 0 Å².